The van der Waals surface area contributed by atoms with Crippen LogP contribution in [0.1, 0.15) is 0 Å². The Bertz CT molecular complexity index is 263. The van der Waals surface area contributed by atoms with Crippen LogP contribution in [0.4, 0.5) is 10.2 Å². The molecule has 1 radical (unpaired) electrons. The molecule has 1 aromatic carbocycles. The highest BCUT2D eigenvalue weighted by atomic mass is 19.2. The lowest BCUT2D eigenvalue weighted by Crippen LogP contribution is -2.24. The van der Waals surface area contributed by atoms with Gasteiger partial charge in [-0.15, -0.1) is 5.12 Å². The summed E-state index contributed by atoms with van der Waals surface area (Å²) >= 11 is 0. The van der Waals surface area contributed by atoms with Gasteiger partial charge < -0.3 is 0 Å². The molecule has 0 aliphatic carbocycles. The van der Waals surface area contributed by atoms with E-state index < -0.39 is 12.5 Å². The first-order chi connectivity index (χ1) is 5.75. The van der Waals surface area contributed by atoms with Crippen molar-refractivity contribution in [3.05, 3.63) is 30.3 Å². The zero-order valence-electron chi connectivity index (χ0n) is 6.24. The highest BCUT2D eigenvalue weighted by Crippen LogP contribution is 2.12. The van der Waals surface area contributed by atoms with Gasteiger partial charge in [0.1, 0.15) is 0 Å². The number of hydrogen-bond donors (Lipinski definition) is 0. The molecule has 0 aliphatic rings. The van der Waals surface area contributed by atoms with Gasteiger partial charge in [-0.3, -0.25) is 4.79 Å². The Balaban J connectivity index is 2.78. The summed E-state index contributed by atoms with van der Waals surface area (Å²) in [4.78, 5) is 10.6. The maximum Gasteiger partial charge on any atom is 0.284 e. The molecule has 1 rings (SSSR count). The molecule has 12 heavy (non-hydrogen) atoms. The Morgan fingerprint density at radius 3 is 2.42 bits per heavy atom. The highest BCUT2D eigenvalue weighted by molar-refractivity contribution is 5.91. The second-order valence-electron chi connectivity index (χ2n) is 2.15. The van der Waals surface area contributed by atoms with E-state index in [1.165, 1.54) is 12.1 Å². The minimum absolute atomic E-state index is 0.0818. The Morgan fingerprint density at radius 2 is 1.92 bits per heavy atom. The maximum absolute atomic E-state index is 12.8. The number of hydrogen-bond acceptors (Lipinski definition) is 1. The topological polar surface area (TPSA) is 40.2 Å². The van der Waals surface area contributed by atoms with Gasteiger partial charge in [0.25, 0.3) is 5.91 Å². The number of halogens is 1. The van der Waals surface area contributed by atoms with Crippen LogP contribution in [0.25, 0.3) is 0 Å². The predicted octanol–water partition coefficient (Wildman–Crippen LogP) is 1.33. The van der Waals surface area contributed by atoms with Gasteiger partial charge in [0.2, 0.25) is 0 Å². The van der Waals surface area contributed by atoms with Gasteiger partial charge in [-0.1, -0.05) is 22.7 Å². The molecule has 4 heteroatoms. The largest absolute Gasteiger partial charge is 0.284 e. The number of amides is 1. The van der Waals surface area contributed by atoms with Gasteiger partial charge in [0.05, 0.1) is 5.69 Å². The third-order valence-electron chi connectivity index (χ3n) is 1.33. The Labute approximate surface area is 69.0 Å². The summed E-state index contributed by atoms with van der Waals surface area (Å²) in [5, 5.41) is 9.87. The van der Waals surface area contributed by atoms with Crippen molar-refractivity contribution in [2.24, 2.45) is 0 Å². The Morgan fingerprint density at radius 1 is 1.33 bits per heavy atom. The molecule has 1 amide bonds. The van der Waals surface area contributed by atoms with Crippen LogP contribution >= 0.6 is 0 Å². The summed E-state index contributed by atoms with van der Waals surface area (Å²) in [6, 6.07) is 7.68. The van der Waals surface area contributed by atoms with E-state index in [-0.39, 0.29) is 10.8 Å². The average Bonchev–Trinajstić information content (AvgIpc) is 2.17. The second kappa shape index (κ2) is 3.82. The van der Waals surface area contributed by atoms with Crippen molar-refractivity contribution >= 4 is 11.6 Å². The molecule has 0 spiro atoms. The monoisotopic (exact) mass is 168 g/mol. The number of anilines is 1. The smallest absolute Gasteiger partial charge is 0.269 e. The van der Waals surface area contributed by atoms with Crippen molar-refractivity contribution in [2.45, 2.75) is 0 Å². The molecule has 0 saturated heterocycles. The Hall–Kier alpha value is -1.42. The number of carbonyl (C=O) groups excluding carboxylic acids is 1. The molecular weight excluding hydrogens is 161 g/mol. The maximum atomic E-state index is 12.8. The van der Waals surface area contributed by atoms with Crippen LogP contribution in [0, 0.1) is 0 Å². The normalized spacial score (nSPS) is 9.50. The summed E-state index contributed by atoms with van der Waals surface area (Å²) in [6.45, 7) is -1.08. The van der Waals surface area contributed by atoms with Gasteiger partial charge >= 0.3 is 0 Å². The van der Waals surface area contributed by atoms with Crippen LogP contribution < -0.4 is 5.12 Å². The third kappa shape index (κ3) is 1.79. The molecule has 1 aromatic rings. The van der Waals surface area contributed by atoms with E-state index >= 15 is 0 Å². The van der Waals surface area contributed by atoms with Crippen molar-refractivity contribution < 1.29 is 14.4 Å². The molecule has 0 N–H and O–H groups in total. The molecule has 0 unspecified atom stereocenters. The number of rotatable bonds is 2. The summed E-state index contributed by atoms with van der Waals surface area (Å²) in [5.41, 5.74) is 0.0818. The van der Waals surface area contributed by atoms with Gasteiger partial charge in [-0.25, -0.2) is 5.11 Å². The van der Waals surface area contributed by atoms with Crippen molar-refractivity contribution in [3.8, 4) is 0 Å². The zero-order chi connectivity index (χ0) is 8.97. The summed E-state index contributed by atoms with van der Waals surface area (Å²) in [6.07, 6.45) is 0. The zero-order valence-corrected chi connectivity index (χ0v) is 6.24. The first kappa shape index (κ1) is 8.67. The molecule has 0 heterocycles. The van der Waals surface area contributed by atoms with Gasteiger partial charge in [0, 0.05) is 0 Å². The number of benzene rings is 1. The van der Waals surface area contributed by atoms with Crippen LogP contribution in [0.3, 0.4) is 0 Å². The van der Waals surface area contributed by atoms with Crippen LogP contribution in [0.2, 0.25) is 0 Å². The summed E-state index contributed by atoms with van der Waals surface area (Å²) in [7, 11) is 0. The van der Waals surface area contributed by atoms with Gasteiger partial charge in [-0.05, 0) is 12.1 Å². The van der Waals surface area contributed by atoms with Crippen molar-refractivity contribution in [1.29, 1.82) is 0 Å². The molecular formula is C8H7FNO2. The van der Waals surface area contributed by atoms with Gasteiger partial charge in [-0.2, -0.15) is 0 Å². The first-order valence-corrected chi connectivity index (χ1v) is 3.37. The first-order valence-electron chi connectivity index (χ1n) is 3.37. The molecule has 0 saturated carbocycles. The van der Waals surface area contributed by atoms with E-state index in [1.54, 1.807) is 18.2 Å². The van der Waals surface area contributed by atoms with E-state index in [2.05, 4.69) is 0 Å². The van der Waals surface area contributed by atoms with Crippen molar-refractivity contribution in [1.82, 2.24) is 0 Å². The van der Waals surface area contributed by atoms with Crippen molar-refractivity contribution in [3.63, 3.8) is 0 Å². The lowest BCUT2D eigenvalue weighted by molar-refractivity contribution is -0.125. The minimum atomic E-state index is -1.08. The molecule has 0 bridgehead atoms. The van der Waals surface area contributed by atoms with Crippen LogP contribution in [0.5, 0.6) is 0 Å². The number of para-hydroxylation sites is 1. The fourth-order valence-corrected chi connectivity index (χ4v) is 0.760. The van der Waals surface area contributed by atoms with Crippen LogP contribution in [-0.2, 0) is 9.90 Å². The summed E-state index contributed by atoms with van der Waals surface area (Å²) in [5.74, 6) is -1.08. The molecule has 3 nitrogen and oxygen atoms in total. The molecule has 0 fully saturated rings. The van der Waals surface area contributed by atoms with E-state index in [0.29, 0.717) is 0 Å². The lowest BCUT2D eigenvalue weighted by atomic mass is 10.3. The van der Waals surface area contributed by atoms with E-state index in [4.69, 9.17) is 0 Å². The quantitative estimate of drug-likeness (QED) is 0.614. The second-order valence-corrected chi connectivity index (χ2v) is 2.15. The van der Waals surface area contributed by atoms with Crippen LogP contribution in [0.15, 0.2) is 30.3 Å². The fraction of sp³-hybridized carbons (Fsp3) is 0.125. The molecule has 0 atom stereocenters. The Kier molecular flexibility index (Phi) is 2.76. The molecule has 63 valence electrons. The highest BCUT2D eigenvalue weighted by Gasteiger charge is 2.13. The number of carbonyl (C=O) groups is 1. The predicted molar refractivity (Wildman–Crippen MR) is 40.6 cm³/mol. The fourth-order valence-electron chi connectivity index (χ4n) is 0.760. The SMILES string of the molecule is [O]CC(=O)N(F)c1ccccc1. The van der Waals surface area contributed by atoms with E-state index in [1.807, 2.05) is 0 Å². The number of nitrogens with zero attached hydrogens (tertiary/aromatic N) is 1. The molecule has 0 aromatic heterocycles. The van der Waals surface area contributed by atoms with Crippen molar-refractivity contribution in [2.75, 3.05) is 11.7 Å². The standard InChI is InChI=1S/C8H7FNO2/c9-10(8(12)6-11)7-4-2-1-3-5-7/h1-5H,6H2. The molecule has 0 aliphatic heterocycles. The van der Waals surface area contributed by atoms with Crippen LogP contribution in [-0.4, -0.2) is 12.5 Å². The third-order valence-corrected chi connectivity index (χ3v) is 1.33. The lowest BCUT2D eigenvalue weighted by Gasteiger charge is -2.08. The summed E-state index contributed by atoms with van der Waals surface area (Å²) < 4.78 is 12.8. The minimum Gasteiger partial charge on any atom is -0.269 e. The average molecular weight is 168 g/mol. The van der Waals surface area contributed by atoms with E-state index in [0.717, 1.165) is 0 Å². The van der Waals surface area contributed by atoms with E-state index in [9.17, 15) is 14.4 Å². The van der Waals surface area contributed by atoms with Gasteiger partial charge in [0.15, 0.2) is 6.61 Å².